The van der Waals surface area contributed by atoms with Crippen molar-refractivity contribution in [3.8, 4) is 0 Å². The number of nitrogens with zero attached hydrogens (tertiary/aromatic N) is 2. The van der Waals surface area contributed by atoms with Crippen molar-refractivity contribution in [3.63, 3.8) is 0 Å². The number of hydrogen-bond donors (Lipinski definition) is 1. The minimum Gasteiger partial charge on any atom is -0.366 e. The molecule has 1 aromatic heterocycles. The van der Waals surface area contributed by atoms with Gasteiger partial charge in [0.05, 0.1) is 0 Å². The van der Waals surface area contributed by atoms with Gasteiger partial charge in [-0.15, -0.1) is 0 Å². The van der Waals surface area contributed by atoms with E-state index in [9.17, 15) is 4.79 Å². The van der Waals surface area contributed by atoms with Crippen LogP contribution in [-0.4, -0.2) is 17.4 Å². The molecule has 5 heteroatoms. The summed E-state index contributed by atoms with van der Waals surface area (Å²) in [5.74, 6) is 1.08. The Bertz CT molecular complexity index is 640. The molecule has 0 spiro atoms. The number of piperidine rings is 1. The normalized spacial score (nSPS) is 15.0. The maximum Gasteiger partial charge on any atom is 0.226 e. The lowest BCUT2D eigenvalue weighted by Gasteiger charge is -2.26. The topological polar surface area (TPSA) is 45.2 Å². The van der Waals surface area contributed by atoms with Crippen LogP contribution in [0.1, 0.15) is 24.8 Å². The minimum absolute atomic E-state index is 0.233. The summed E-state index contributed by atoms with van der Waals surface area (Å²) in [6, 6.07) is 12.1. The number of hydrogen-bond acceptors (Lipinski definition) is 3. The summed E-state index contributed by atoms with van der Waals surface area (Å²) in [5, 5.41) is 3.28. The summed E-state index contributed by atoms with van der Waals surface area (Å²) in [6.45, 7) is 1.54. The Morgan fingerprint density at radius 3 is 2.64 bits per heavy atom. The molecule has 4 nitrogen and oxygen atoms in total. The number of anilines is 2. The van der Waals surface area contributed by atoms with E-state index in [1.807, 2.05) is 29.2 Å². The molecule has 2 heterocycles. The Balaban J connectivity index is 1.61. The van der Waals surface area contributed by atoms with Crippen LogP contribution in [0, 0.1) is 0 Å². The summed E-state index contributed by atoms with van der Waals surface area (Å²) in [7, 11) is 0. The Morgan fingerprint density at radius 1 is 1.14 bits per heavy atom. The molecular weight excluding hydrogens is 342 g/mol. The molecule has 22 heavy (non-hydrogen) atoms. The van der Waals surface area contributed by atoms with Gasteiger partial charge in [0.2, 0.25) is 5.91 Å². The lowest BCUT2D eigenvalue weighted by molar-refractivity contribution is -0.119. The van der Waals surface area contributed by atoms with Gasteiger partial charge < -0.3 is 10.2 Å². The lowest BCUT2D eigenvalue weighted by Crippen LogP contribution is -2.35. The van der Waals surface area contributed by atoms with Crippen LogP contribution in [0.15, 0.2) is 47.1 Å². The van der Waals surface area contributed by atoms with Gasteiger partial charge in [0.25, 0.3) is 0 Å². The SMILES string of the molecule is O=C1CCCCN1c1ccc(CNc2ccc(Br)cn2)cc1. The predicted octanol–water partition coefficient (Wildman–Crippen LogP) is 3.97. The molecule has 1 amide bonds. The van der Waals surface area contributed by atoms with Crippen molar-refractivity contribution in [1.82, 2.24) is 4.98 Å². The highest BCUT2D eigenvalue weighted by Crippen LogP contribution is 2.21. The van der Waals surface area contributed by atoms with E-state index in [1.165, 1.54) is 0 Å². The minimum atomic E-state index is 0.233. The van der Waals surface area contributed by atoms with Gasteiger partial charge in [-0.25, -0.2) is 4.98 Å². The third kappa shape index (κ3) is 3.65. The van der Waals surface area contributed by atoms with Crippen LogP contribution < -0.4 is 10.2 Å². The smallest absolute Gasteiger partial charge is 0.226 e. The quantitative estimate of drug-likeness (QED) is 0.897. The van der Waals surface area contributed by atoms with E-state index in [2.05, 4.69) is 38.4 Å². The second-order valence-electron chi connectivity index (χ2n) is 5.38. The van der Waals surface area contributed by atoms with Crippen molar-refractivity contribution in [2.45, 2.75) is 25.8 Å². The molecule has 114 valence electrons. The summed E-state index contributed by atoms with van der Waals surface area (Å²) in [4.78, 5) is 18.1. The molecule has 2 aromatic rings. The molecule has 3 rings (SSSR count). The second-order valence-corrected chi connectivity index (χ2v) is 6.30. The van der Waals surface area contributed by atoms with Crippen molar-refractivity contribution >= 4 is 33.3 Å². The Hall–Kier alpha value is -1.88. The highest BCUT2D eigenvalue weighted by atomic mass is 79.9. The molecule has 0 atom stereocenters. The molecule has 0 unspecified atom stereocenters. The van der Waals surface area contributed by atoms with Gasteiger partial charge in [-0.3, -0.25) is 4.79 Å². The van der Waals surface area contributed by atoms with Crippen LogP contribution >= 0.6 is 15.9 Å². The van der Waals surface area contributed by atoms with E-state index in [4.69, 9.17) is 0 Å². The van der Waals surface area contributed by atoms with Crippen LogP contribution in [0.4, 0.5) is 11.5 Å². The number of amides is 1. The van der Waals surface area contributed by atoms with Crippen molar-refractivity contribution < 1.29 is 4.79 Å². The molecule has 0 radical (unpaired) electrons. The number of rotatable bonds is 4. The molecule has 1 aliphatic heterocycles. The molecule has 1 aromatic carbocycles. The standard InChI is InChI=1S/C17H18BrN3O/c18-14-6-9-16(20-12-14)19-11-13-4-7-15(8-5-13)21-10-2-1-3-17(21)22/h4-9,12H,1-3,10-11H2,(H,19,20). The zero-order chi connectivity index (χ0) is 15.4. The van der Waals surface area contributed by atoms with Gasteiger partial charge in [-0.1, -0.05) is 12.1 Å². The first kappa shape index (κ1) is 15.0. The Kier molecular flexibility index (Phi) is 4.73. The van der Waals surface area contributed by atoms with Crippen molar-refractivity contribution in [1.29, 1.82) is 0 Å². The zero-order valence-corrected chi connectivity index (χ0v) is 13.8. The number of halogens is 1. The van der Waals surface area contributed by atoms with Gasteiger partial charge in [0.1, 0.15) is 5.82 Å². The van der Waals surface area contributed by atoms with Crippen LogP contribution in [-0.2, 0) is 11.3 Å². The van der Waals surface area contributed by atoms with Gasteiger partial charge in [-0.2, -0.15) is 0 Å². The van der Waals surface area contributed by atoms with Crippen LogP contribution in [0.25, 0.3) is 0 Å². The number of aromatic nitrogens is 1. The molecule has 1 saturated heterocycles. The molecule has 0 saturated carbocycles. The monoisotopic (exact) mass is 359 g/mol. The van der Waals surface area contributed by atoms with E-state index < -0.39 is 0 Å². The maximum absolute atomic E-state index is 11.9. The van der Waals surface area contributed by atoms with Crippen molar-refractivity contribution in [2.75, 3.05) is 16.8 Å². The number of pyridine rings is 1. The van der Waals surface area contributed by atoms with Crippen molar-refractivity contribution in [3.05, 3.63) is 52.6 Å². The summed E-state index contributed by atoms with van der Waals surface area (Å²) in [5.41, 5.74) is 2.16. The molecule has 1 aliphatic rings. The average Bonchev–Trinajstić information content (AvgIpc) is 2.55. The van der Waals surface area contributed by atoms with E-state index >= 15 is 0 Å². The average molecular weight is 360 g/mol. The number of carbonyl (C=O) groups is 1. The Labute approximate surface area is 138 Å². The van der Waals surface area contributed by atoms with E-state index in [-0.39, 0.29) is 5.91 Å². The van der Waals surface area contributed by atoms with Gasteiger partial charge in [-0.05, 0) is 58.6 Å². The van der Waals surface area contributed by atoms with E-state index in [0.29, 0.717) is 13.0 Å². The van der Waals surface area contributed by atoms with Crippen molar-refractivity contribution in [2.24, 2.45) is 0 Å². The van der Waals surface area contributed by atoms with E-state index in [1.54, 1.807) is 6.20 Å². The largest absolute Gasteiger partial charge is 0.366 e. The lowest BCUT2D eigenvalue weighted by atomic mass is 10.1. The molecule has 1 N–H and O–H groups in total. The van der Waals surface area contributed by atoms with Gasteiger partial charge >= 0.3 is 0 Å². The number of benzene rings is 1. The number of nitrogens with one attached hydrogen (secondary N) is 1. The first-order chi connectivity index (χ1) is 10.7. The second kappa shape index (κ2) is 6.92. The molecule has 0 bridgehead atoms. The molecule has 0 aliphatic carbocycles. The van der Waals surface area contributed by atoms with Gasteiger partial charge in [0, 0.05) is 35.9 Å². The van der Waals surface area contributed by atoms with Crippen LogP contribution in [0.2, 0.25) is 0 Å². The highest BCUT2D eigenvalue weighted by molar-refractivity contribution is 9.10. The predicted molar refractivity (Wildman–Crippen MR) is 91.9 cm³/mol. The summed E-state index contributed by atoms with van der Waals surface area (Å²) >= 11 is 3.37. The van der Waals surface area contributed by atoms with E-state index in [0.717, 1.165) is 40.9 Å². The highest BCUT2D eigenvalue weighted by Gasteiger charge is 2.19. The number of carbonyl (C=O) groups excluding carboxylic acids is 1. The Morgan fingerprint density at radius 2 is 1.95 bits per heavy atom. The molecule has 1 fully saturated rings. The van der Waals surface area contributed by atoms with Crippen LogP contribution in [0.5, 0.6) is 0 Å². The third-order valence-corrected chi connectivity index (χ3v) is 4.24. The zero-order valence-electron chi connectivity index (χ0n) is 12.3. The van der Waals surface area contributed by atoms with Gasteiger partial charge in [0.15, 0.2) is 0 Å². The first-order valence-electron chi connectivity index (χ1n) is 7.47. The molecular formula is C17H18BrN3O. The third-order valence-electron chi connectivity index (χ3n) is 3.77. The first-order valence-corrected chi connectivity index (χ1v) is 8.26. The fourth-order valence-electron chi connectivity index (χ4n) is 2.55. The summed E-state index contributed by atoms with van der Waals surface area (Å²) < 4.78 is 0.966. The fourth-order valence-corrected chi connectivity index (χ4v) is 2.78. The van der Waals surface area contributed by atoms with Crippen LogP contribution in [0.3, 0.4) is 0 Å². The fraction of sp³-hybridized carbons (Fsp3) is 0.294. The maximum atomic E-state index is 11.9. The summed E-state index contributed by atoms with van der Waals surface area (Å²) in [6.07, 6.45) is 4.54.